The van der Waals surface area contributed by atoms with Crippen molar-refractivity contribution >= 4 is 41.6 Å². The van der Waals surface area contributed by atoms with Gasteiger partial charge < -0.3 is 16.0 Å². The maximum Gasteiger partial charge on any atom is 0.251 e. The van der Waals surface area contributed by atoms with Crippen LogP contribution in [0.3, 0.4) is 0 Å². The first-order valence-electron chi connectivity index (χ1n) is 7.89. The molecule has 7 heteroatoms. The number of nitrogen functional groups attached to an aromatic ring is 1. The Hall–Kier alpha value is -2.42. The topological polar surface area (TPSA) is 99.3 Å². The van der Waals surface area contributed by atoms with Crippen molar-refractivity contribution in [3.63, 3.8) is 0 Å². The summed E-state index contributed by atoms with van der Waals surface area (Å²) in [6.45, 7) is 0. The van der Waals surface area contributed by atoms with E-state index in [4.69, 9.17) is 11.1 Å². The van der Waals surface area contributed by atoms with Crippen LogP contribution >= 0.6 is 24.0 Å². The summed E-state index contributed by atoms with van der Waals surface area (Å²) in [5.74, 6) is -0.569. The van der Waals surface area contributed by atoms with Crippen molar-refractivity contribution in [2.45, 2.75) is 12.5 Å². The summed E-state index contributed by atoms with van der Waals surface area (Å²) in [6, 6.07) is 15.3. The zero-order valence-corrected chi connectivity index (χ0v) is 17.1. The van der Waals surface area contributed by atoms with E-state index >= 15 is 0 Å². The molecule has 2 aromatic carbocycles. The summed E-state index contributed by atoms with van der Waals surface area (Å²) in [4.78, 5) is 26.4. The van der Waals surface area contributed by atoms with E-state index in [-0.39, 0.29) is 41.6 Å². The fraction of sp³-hybridized carbons (Fsp3) is 0.211. The average Bonchev–Trinajstić information content (AvgIpc) is 2.61. The van der Waals surface area contributed by atoms with Crippen LogP contribution in [0.25, 0.3) is 0 Å². The molecule has 0 aromatic heterocycles. The summed E-state index contributed by atoms with van der Waals surface area (Å²) in [6.07, 6.45) is 0.412. The molecule has 6 nitrogen and oxygen atoms in total. The lowest BCUT2D eigenvalue weighted by Crippen LogP contribution is -2.47. The second-order valence-corrected chi connectivity index (χ2v) is 5.94. The molecule has 0 aliphatic heterocycles. The van der Waals surface area contributed by atoms with Gasteiger partial charge in [-0.1, -0.05) is 42.5 Å². The number of amidine groups is 1. The van der Waals surface area contributed by atoms with Crippen molar-refractivity contribution in [3.05, 3.63) is 71.3 Å². The van der Waals surface area contributed by atoms with E-state index in [1.807, 2.05) is 30.3 Å². The van der Waals surface area contributed by atoms with Crippen LogP contribution in [-0.2, 0) is 11.2 Å². The highest BCUT2D eigenvalue weighted by Crippen LogP contribution is 2.08. The minimum Gasteiger partial charge on any atom is -0.384 e. The van der Waals surface area contributed by atoms with Crippen LogP contribution in [0.1, 0.15) is 21.5 Å². The Morgan fingerprint density at radius 3 is 2.08 bits per heavy atom. The van der Waals surface area contributed by atoms with Gasteiger partial charge in [0.05, 0.1) is 0 Å². The van der Waals surface area contributed by atoms with Crippen molar-refractivity contribution in [3.8, 4) is 0 Å². The molecule has 0 fully saturated rings. The summed E-state index contributed by atoms with van der Waals surface area (Å²) in [5.41, 5.74) is 7.33. The first-order valence-corrected chi connectivity index (χ1v) is 7.89. The highest BCUT2D eigenvalue weighted by molar-refractivity contribution is 14.0. The number of benzene rings is 2. The van der Waals surface area contributed by atoms with Crippen molar-refractivity contribution < 1.29 is 9.59 Å². The number of nitrogens with one attached hydrogen (secondary N) is 2. The molecule has 2 amide bonds. The fourth-order valence-electron chi connectivity index (χ4n) is 2.40. The number of carbonyl (C=O) groups excluding carboxylic acids is 2. The number of hydrogen-bond acceptors (Lipinski definition) is 3. The molecule has 0 saturated heterocycles. The molecule has 0 unspecified atom stereocenters. The van der Waals surface area contributed by atoms with Crippen LogP contribution in [0.5, 0.6) is 0 Å². The number of likely N-dealkylation sites (N-methyl/N-ethyl adjacent to an activating group) is 1. The van der Waals surface area contributed by atoms with Crippen LogP contribution in [0, 0.1) is 5.41 Å². The minimum atomic E-state index is -0.655. The highest BCUT2D eigenvalue weighted by atomic mass is 127. The third-order valence-electron chi connectivity index (χ3n) is 3.78. The van der Waals surface area contributed by atoms with Crippen LogP contribution in [0.2, 0.25) is 0 Å². The van der Waals surface area contributed by atoms with Gasteiger partial charge in [-0.3, -0.25) is 15.0 Å². The third-order valence-corrected chi connectivity index (χ3v) is 3.78. The van der Waals surface area contributed by atoms with Gasteiger partial charge in [0, 0.05) is 31.6 Å². The molecule has 0 bridgehead atoms. The highest BCUT2D eigenvalue weighted by Gasteiger charge is 2.23. The van der Waals surface area contributed by atoms with Gasteiger partial charge in [0.15, 0.2) is 0 Å². The van der Waals surface area contributed by atoms with E-state index in [1.54, 1.807) is 38.4 Å². The molecule has 0 saturated carbocycles. The van der Waals surface area contributed by atoms with E-state index in [0.717, 1.165) is 5.56 Å². The number of amides is 2. The molecule has 0 heterocycles. The van der Waals surface area contributed by atoms with Gasteiger partial charge in [-0.25, -0.2) is 0 Å². The molecule has 1 atom stereocenters. The Bertz CT molecular complexity index is 761. The summed E-state index contributed by atoms with van der Waals surface area (Å²) >= 11 is 0. The Balaban J connectivity index is 0.00000338. The zero-order valence-electron chi connectivity index (χ0n) is 14.7. The van der Waals surface area contributed by atoms with Crippen molar-refractivity contribution in [2.24, 2.45) is 5.73 Å². The van der Waals surface area contributed by atoms with Crippen LogP contribution < -0.4 is 11.1 Å². The molecule has 138 valence electrons. The van der Waals surface area contributed by atoms with E-state index in [2.05, 4.69) is 5.32 Å². The van der Waals surface area contributed by atoms with Gasteiger partial charge in [-0.05, 0) is 17.7 Å². The Labute approximate surface area is 170 Å². The van der Waals surface area contributed by atoms with E-state index in [0.29, 0.717) is 17.5 Å². The quantitative estimate of drug-likeness (QED) is 0.345. The number of hydrogen-bond donors (Lipinski definition) is 3. The average molecular weight is 466 g/mol. The molecule has 4 N–H and O–H groups in total. The third kappa shape index (κ3) is 5.83. The monoisotopic (exact) mass is 466 g/mol. The number of nitrogens with zero attached hydrogens (tertiary/aromatic N) is 1. The van der Waals surface area contributed by atoms with Gasteiger partial charge >= 0.3 is 0 Å². The SMILES string of the molecule is CN(C)C(=O)[C@H](Cc1ccccc1)NC(=O)c1ccc(C(=N)N)cc1.I. The van der Waals surface area contributed by atoms with Crippen LogP contribution in [-0.4, -0.2) is 42.7 Å². The molecule has 0 radical (unpaired) electrons. The maximum absolute atomic E-state index is 12.5. The number of rotatable bonds is 6. The summed E-state index contributed by atoms with van der Waals surface area (Å²) < 4.78 is 0. The van der Waals surface area contributed by atoms with E-state index in [9.17, 15) is 9.59 Å². The first-order chi connectivity index (χ1) is 11.9. The molecule has 2 aromatic rings. The van der Waals surface area contributed by atoms with E-state index in [1.165, 1.54) is 4.90 Å². The fourth-order valence-corrected chi connectivity index (χ4v) is 2.40. The number of halogens is 1. The zero-order chi connectivity index (χ0) is 18.4. The lowest BCUT2D eigenvalue weighted by molar-refractivity contribution is -0.130. The Morgan fingerprint density at radius 1 is 1.04 bits per heavy atom. The number of nitrogens with two attached hydrogens (primary N) is 1. The maximum atomic E-state index is 12.5. The number of carbonyl (C=O) groups is 2. The standard InChI is InChI=1S/C19H22N4O2.HI/c1-23(2)19(25)16(12-13-6-4-3-5-7-13)22-18(24)15-10-8-14(9-11-15)17(20)21;/h3-11,16H,12H2,1-2H3,(H3,20,21)(H,22,24);1H/t16-;/m0./s1. The molecule has 0 aliphatic carbocycles. The molecule has 0 aliphatic rings. The molecule has 2 rings (SSSR count). The van der Waals surface area contributed by atoms with Crippen LogP contribution in [0.4, 0.5) is 0 Å². The lowest BCUT2D eigenvalue weighted by Gasteiger charge is -2.22. The minimum absolute atomic E-state index is 0. The van der Waals surface area contributed by atoms with Gasteiger partial charge in [0.25, 0.3) is 5.91 Å². The first kappa shape index (κ1) is 21.6. The van der Waals surface area contributed by atoms with Crippen molar-refractivity contribution in [1.82, 2.24) is 10.2 Å². The van der Waals surface area contributed by atoms with Crippen LogP contribution in [0.15, 0.2) is 54.6 Å². The Kier molecular flexibility index (Phi) is 8.24. The molecular weight excluding hydrogens is 443 g/mol. The molecular formula is C19H23IN4O2. The largest absolute Gasteiger partial charge is 0.384 e. The van der Waals surface area contributed by atoms with E-state index < -0.39 is 6.04 Å². The molecule has 0 spiro atoms. The van der Waals surface area contributed by atoms with Gasteiger partial charge in [-0.2, -0.15) is 0 Å². The van der Waals surface area contributed by atoms with Gasteiger partial charge in [-0.15, -0.1) is 24.0 Å². The summed E-state index contributed by atoms with van der Waals surface area (Å²) in [7, 11) is 3.32. The normalized spacial score (nSPS) is 11.0. The van der Waals surface area contributed by atoms with Crippen molar-refractivity contribution in [2.75, 3.05) is 14.1 Å². The van der Waals surface area contributed by atoms with Crippen molar-refractivity contribution in [1.29, 1.82) is 5.41 Å². The second kappa shape index (κ2) is 9.91. The van der Waals surface area contributed by atoms with Gasteiger partial charge in [0.2, 0.25) is 5.91 Å². The predicted octanol–water partition coefficient (Wildman–Crippen LogP) is 2.02. The lowest BCUT2D eigenvalue weighted by atomic mass is 10.0. The molecule has 26 heavy (non-hydrogen) atoms. The summed E-state index contributed by atoms with van der Waals surface area (Å²) in [5, 5.41) is 10.2. The Morgan fingerprint density at radius 2 is 1.58 bits per heavy atom. The second-order valence-electron chi connectivity index (χ2n) is 5.94. The smallest absolute Gasteiger partial charge is 0.251 e. The van der Waals surface area contributed by atoms with Gasteiger partial charge in [0.1, 0.15) is 11.9 Å². The predicted molar refractivity (Wildman–Crippen MR) is 113 cm³/mol.